The Hall–Kier alpha value is -2.82. The molecule has 1 unspecified atom stereocenters. The summed E-state index contributed by atoms with van der Waals surface area (Å²) in [5.41, 5.74) is 10.6. The zero-order valence-corrected chi connectivity index (χ0v) is 16.5. The number of para-hydroxylation sites is 1. The lowest BCUT2D eigenvalue weighted by Crippen LogP contribution is -2.46. The molecule has 0 saturated heterocycles. The van der Waals surface area contributed by atoms with Gasteiger partial charge in [0.15, 0.2) is 0 Å². The first-order valence-corrected chi connectivity index (χ1v) is 9.17. The number of nitrogens with two attached hydrogens (primary N) is 2. The highest BCUT2D eigenvalue weighted by Crippen LogP contribution is 2.37. The molecule has 5 nitrogen and oxygen atoms in total. The van der Waals surface area contributed by atoms with Gasteiger partial charge in [0, 0.05) is 17.7 Å². The van der Waals surface area contributed by atoms with E-state index in [9.17, 15) is 22.0 Å². The second kappa shape index (κ2) is 8.74. The van der Waals surface area contributed by atoms with Crippen LogP contribution in [0.3, 0.4) is 0 Å². The van der Waals surface area contributed by atoms with E-state index in [0.717, 1.165) is 18.5 Å². The summed E-state index contributed by atoms with van der Waals surface area (Å²) >= 11 is 5.79. The van der Waals surface area contributed by atoms with Crippen LogP contribution in [0.5, 0.6) is 5.75 Å². The van der Waals surface area contributed by atoms with Crippen molar-refractivity contribution in [1.29, 1.82) is 0 Å². The molecule has 3 aromatic rings. The van der Waals surface area contributed by atoms with Crippen LogP contribution < -0.4 is 16.2 Å². The molecule has 0 aliphatic heterocycles. The van der Waals surface area contributed by atoms with Crippen LogP contribution in [-0.4, -0.2) is 23.1 Å². The van der Waals surface area contributed by atoms with Crippen molar-refractivity contribution >= 4 is 11.6 Å². The molecule has 0 bridgehead atoms. The van der Waals surface area contributed by atoms with Crippen molar-refractivity contribution in [3.63, 3.8) is 0 Å². The molecule has 0 aliphatic rings. The highest BCUT2D eigenvalue weighted by Gasteiger charge is 2.35. The van der Waals surface area contributed by atoms with Crippen molar-refractivity contribution in [1.82, 2.24) is 9.97 Å². The van der Waals surface area contributed by atoms with E-state index in [2.05, 4.69) is 14.7 Å². The summed E-state index contributed by atoms with van der Waals surface area (Å²) in [5.74, 6) is -0.178. The third-order valence-corrected chi connectivity index (χ3v) is 4.91. The third-order valence-electron chi connectivity index (χ3n) is 4.60. The first kappa shape index (κ1) is 22.9. The van der Waals surface area contributed by atoms with E-state index in [-0.39, 0.29) is 34.8 Å². The lowest BCUT2D eigenvalue weighted by Gasteiger charge is -2.29. The standard InChI is InChI=1S/C20H16ClF5N4O/c21-14-7-11(5-6-12(14)20(24,25)26)15-8-17(30-10-29-15)19(28,9-27)13-3-1-2-4-16(13)31-18(22)23/h1-8,10,18H,9,27-28H2. The predicted octanol–water partition coefficient (Wildman–Crippen LogP) is 4.58. The van der Waals surface area contributed by atoms with Gasteiger partial charge in [0.2, 0.25) is 0 Å². The first-order chi connectivity index (χ1) is 14.6. The normalized spacial score (nSPS) is 13.8. The number of rotatable bonds is 6. The van der Waals surface area contributed by atoms with Crippen molar-refractivity contribution in [3.8, 4) is 17.0 Å². The number of halogens is 6. The molecule has 0 amide bonds. The molecule has 1 heterocycles. The van der Waals surface area contributed by atoms with Gasteiger partial charge in [-0.1, -0.05) is 35.9 Å². The number of nitrogens with zero attached hydrogens (tertiary/aromatic N) is 2. The van der Waals surface area contributed by atoms with Crippen molar-refractivity contribution in [2.24, 2.45) is 11.5 Å². The number of alkyl halides is 5. The third kappa shape index (κ3) is 4.76. The van der Waals surface area contributed by atoms with Crippen LogP contribution in [0, 0.1) is 0 Å². The van der Waals surface area contributed by atoms with Crippen molar-refractivity contribution in [2.45, 2.75) is 18.3 Å². The molecule has 0 saturated carbocycles. The zero-order valence-electron chi connectivity index (χ0n) is 15.7. The van der Waals surface area contributed by atoms with Crippen molar-refractivity contribution in [3.05, 3.63) is 76.7 Å². The van der Waals surface area contributed by atoms with Crippen LogP contribution in [0.4, 0.5) is 22.0 Å². The van der Waals surface area contributed by atoms with Crippen LogP contribution in [0.2, 0.25) is 5.02 Å². The highest BCUT2D eigenvalue weighted by molar-refractivity contribution is 6.31. The zero-order chi connectivity index (χ0) is 22.8. The Balaban J connectivity index is 2.07. The van der Waals surface area contributed by atoms with Gasteiger partial charge >= 0.3 is 12.8 Å². The molecule has 2 aromatic carbocycles. The molecule has 1 atom stereocenters. The molecular weight excluding hydrogens is 443 g/mol. The summed E-state index contributed by atoms with van der Waals surface area (Å²) < 4.78 is 69.1. The van der Waals surface area contributed by atoms with E-state index in [1.807, 2.05) is 0 Å². The Kier molecular flexibility index (Phi) is 6.44. The average molecular weight is 459 g/mol. The van der Waals surface area contributed by atoms with Gasteiger partial charge in [-0.05, 0) is 24.3 Å². The first-order valence-electron chi connectivity index (χ1n) is 8.79. The average Bonchev–Trinajstić information content (AvgIpc) is 2.72. The Bertz CT molecular complexity index is 1080. The maximum atomic E-state index is 13.0. The maximum Gasteiger partial charge on any atom is 0.417 e. The van der Waals surface area contributed by atoms with Crippen molar-refractivity contribution in [2.75, 3.05) is 6.54 Å². The molecule has 0 spiro atoms. The van der Waals surface area contributed by atoms with Gasteiger partial charge in [-0.25, -0.2) is 9.97 Å². The van der Waals surface area contributed by atoms with Gasteiger partial charge in [-0.3, -0.25) is 0 Å². The Morgan fingerprint density at radius 2 is 1.71 bits per heavy atom. The molecule has 164 valence electrons. The lowest BCUT2D eigenvalue weighted by molar-refractivity contribution is -0.137. The van der Waals surface area contributed by atoms with Crippen LogP contribution in [0.1, 0.15) is 16.8 Å². The minimum atomic E-state index is -4.60. The fourth-order valence-corrected chi connectivity index (χ4v) is 3.34. The van der Waals surface area contributed by atoms with Gasteiger partial charge in [0.1, 0.15) is 12.1 Å². The number of ether oxygens (including phenoxy) is 1. The monoisotopic (exact) mass is 458 g/mol. The SMILES string of the molecule is NCC(N)(c1cc(-c2ccc(C(F)(F)F)c(Cl)c2)ncn1)c1ccccc1OC(F)F. The minimum Gasteiger partial charge on any atom is -0.434 e. The summed E-state index contributed by atoms with van der Waals surface area (Å²) in [5, 5.41) is -0.501. The van der Waals surface area contributed by atoms with Gasteiger partial charge in [0.05, 0.1) is 27.5 Å². The predicted molar refractivity (Wildman–Crippen MR) is 105 cm³/mol. The van der Waals surface area contributed by atoms with Crippen molar-refractivity contribution < 1.29 is 26.7 Å². The summed E-state index contributed by atoms with van der Waals surface area (Å²) in [6.07, 6.45) is -3.46. The molecule has 0 radical (unpaired) electrons. The quantitative estimate of drug-likeness (QED) is 0.528. The number of aromatic nitrogens is 2. The Morgan fingerprint density at radius 1 is 1.00 bits per heavy atom. The van der Waals surface area contributed by atoms with Crippen LogP contribution >= 0.6 is 11.6 Å². The van der Waals surface area contributed by atoms with Crippen LogP contribution in [0.25, 0.3) is 11.3 Å². The number of hydrogen-bond acceptors (Lipinski definition) is 5. The van der Waals surface area contributed by atoms with E-state index in [4.69, 9.17) is 23.1 Å². The Morgan fingerprint density at radius 3 is 2.32 bits per heavy atom. The second-order valence-corrected chi connectivity index (χ2v) is 6.94. The fourth-order valence-electron chi connectivity index (χ4n) is 3.05. The highest BCUT2D eigenvalue weighted by atomic mass is 35.5. The number of hydrogen-bond donors (Lipinski definition) is 2. The van der Waals surface area contributed by atoms with Crippen LogP contribution in [-0.2, 0) is 11.7 Å². The van der Waals surface area contributed by atoms with Crippen LogP contribution in [0.15, 0.2) is 54.9 Å². The molecule has 3 rings (SSSR count). The summed E-state index contributed by atoms with van der Waals surface area (Å²) in [4.78, 5) is 8.17. The topological polar surface area (TPSA) is 87.1 Å². The smallest absolute Gasteiger partial charge is 0.417 e. The second-order valence-electron chi connectivity index (χ2n) is 6.53. The molecule has 1 aromatic heterocycles. The largest absolute Gasteiger partial charge is 0.434 e. The van der Waals surface area contributed by atoms with E-state index in [0.29, 0.717) is 0 Å². The molecule has 0 aliphatic carbocycles. The summed E-state index contributed by atoms with van der Waals surface area (Å²) in [6, 6.07) is 10.4. The molecular formula is C20H16ClF5N4O. The minimum absolute atomic E-state index is 0.154. The van der Waals surface area contributed by atoms with Gasteiger partial charge in [-0.2, -0.15) is 22.0 Å². The number of benzene rings is 2. The summed E-state index contributed by atoms with van der Waals surface area (Å²) in [7, 11) is 0. The molecule has 4 N–H and O–H groups in total. The van der Waals surface area contributed by atoms with Gasteiger partial charge < -0.3 is 16.2 Å². The summed E-state index contributed by atoms with van der Waals surface area (Å²) in [6.45, 7) is -3.32. The Labute approximate surface area is 178 Å². The molecule has 31 heavy (non-hydrogen) atoms. The fraction of sp³-hybridized carbons (Fsp3) is 0.200. The maximum absolute atomic E-state index is 13.0. The lowest BCUT2D eigenvalue weighted by atomic mass is 9.86. The van der Waals surface area contributed by atoms with Gasteiger partial charge in [0.25, 0.3) is 0 Å². The molecule has 11 heteroatoms. The van der Waals surface area contributed by atoms with Gasteiger partial charge in [-0.15, -0.1) is 0 Å². The van der Waals surface area contributed by atoms with E-state index >= 15 is 0 Å². The van der Waals surface area contributed by atoms with E-state index in [1.54, 1.807) is 6.07 Å². The molecule has 0 fully saturated rings. The van der Waals surface area contributed by atoms with E-state index < -0.39 is 28.9 Å². The van der Waals surface area contributed by atoms with E-state index in [1.165, 1.54) is 30.3 Å².